The summed E-state index contributed by atoms with van der Waals surface area (Å²) in [6.07, 6.45) is 0.699. The van der Waals surface area contributed by atoms with Crippen molar-refractivity contribution in [2.75, 3.05) is 7.11 Å². The van der Waals surface area contributed by atoms with Gasteiger partial charge in [-0.25, -0.2) is 13.1 Å². The number of benzene rings is 2. The molecule has 0 amide bonds. The molecule has 2 aromatic rings. The Morgan fingerprint density at radius 2 is 1.65 bits per heavy atom. The largest absolute Gasteiger partial charge is 0.496 e. The summed E-state index contributed by atoms with van der Waals surface area (Å²) in [5.41, 5.74) is 2.62. The Bertz CT molecular complexity index is 858. The molecule has 0 radical (unpaired) electrons. The van der Waals surface area contributed by atoms with Crippen LogP contribution in [0.15, 0.2) is 47.4 Å². The van der Waals surface area contributed by atoms with E-state index in [0.29, 0.717) is 22.6 Å². The summed E-state index contributed by atoms with van der Waals surface area (Å²) >= 11 is 0. The van der Waals surface area contributed by atoms with Crippen LogP contribution in [0.3, 0.4) is 0 Å². The standard InChI is InChI=1S/C21H29NO3S/c1-15(14-21(4,5)18-10-8-7-9-11-18)22-26(23,24)20-13-12-19(25-6)16(2)17(20)3/h7-13,15,22H,14H2,1-6H3. The van der Waals surface area contributed by atoms with Gasteiger partial charge in [0.2, 0.25) is 10.0 Å². The van der Waals surface area contributed by atoms with Gasteiger partial charge in [-0.3, -0.25) is 0 Å². The Hall–Kier alpha value is -1.85. The molecule has 26 heavy (non-hydrogen) atoms. The summed E-state index contributed by atoms with van der Waals surface area (Å²) in [4.78, 5) is 0.306. The molecule has 0 saturated carbocycles. The lowest BCUT2D eigenvalue weighted by molar-refractivity contribution is 0.410. The van der Waals surface area contributed by atoms with Crippen molar-refractivity contribution in [3.63, 3.8) is 0 Å². The van der Waals surface area contributed by atoms with Gasteiger partial charge < -0.3 is 4.74 Å². The van der Waals surface area contributed by atoms with Crippen molar-refractivity contribution in [3.05, 3.63) is 59.2 Å². The lowest BCUT2D eigenvalue weighted by Crippen LogP contribution is -2.37. The monoisotopic (exact) mass is 375 g/mol. The van der Waals surface area contributed by atoms with E-state index >= 15 is 0 Å². The number of hydrogen-bond donors (Lipinski definition) is 1. The van der Waals surface area contributed by atoms with Crippen LogP contribution in [0.2, 0.25) is 0 Å². The van der Waals surface area contributed by atoms with Gasteiger partial charge in [-0.15, -0.1) is 0 Å². The lowest BCUT2D eigenvalue weighted by Gasteiger charge is -2.29. The van der Waals surface area contributed by atoms with Crippen LogP contribution in [-0.2, 0) is 15.4 Å². The zero-order valence-electron chi connectivity index (χ0n) is 16.5. The highest BCUT2D eigenvalue weighted by Crippen LogP contribution is 2.30. The summed E-state index contributed by atoms with van der Waals surface area (Å²) in [5.74, 6) is 0.694. The molecule has 0 aliphatic carbocycles. The summed E-state index contributed by atoms with van der Waals surface area (Å²) in [6, 6.07) is 13.3. The van der Waals surface area contributed by atoms with E-state index in [1.165, 1.54) is 5.56 Å². The predicted octanol–water partition coefficient (Wildman–Crippen LogP) is 4.35. The van der Waals surface area contributed by atoms with Crippen molar-refractivity contribution in [3.8, 4) is 5.75 Å². The first-order chi connectivity index (χ1) is 12.1. The van der Waals surface area contributed by atoms with Crippen LogP contribution in [0, 0.1) is 13.8 Å². The number of nitrogens with one attached hydrogen (secondary N) is 1. The van der Waals surface area contributed by atoms with Crippen LogP contribution in [-0.4, -0.2) is 21.6 Å². The van der Waals surface area contributed by atoms with Crippen molar-refractivity contribution in [1.29, 1.82) is 0 Å². The topological polar surface area (TPSA) is 55.4 Å². The molecule has 0 bridgehead atoms. The molecule has 0 aromatic heterocycles. The van der Waals surface area contributed by atoms with Gasteiger partial charge >= 0.3 is 0 Å². The van der Waals surface area contributed by atoms with Crippen LogP contribution in [0.4, 0.5) is 0 Å². The van der Waals surface area contributed by atoms with E-state index in [1.807, 2.05) is 39.0 Å². The molecule has 4 nitrogen and oxygen atoms in total. The Morgan fingerprint density at radius 3 is 2.23 bits per heavy atom. The lowest BCUT2D eigenvalue weighted by atomic mass is 9.79. The summed E-state index contributed by atoms with van der Waals surface area (Å²) in [7, 11) is -2.01. The van der Waals surface area contributed by atoms with Crippen LogP contribution in [0.25, 0.3) is 0 Å². The predicted molar refractivity (Wildman–Crippen MR) is 106 cm³/mol. The average molecular weight is 376 g/mol. The Morgan fingerprint density at radius 1 is 1.04 bits per heavy atom. The van der Waals surface area contributed by atoms with Gasteiger partial charge in [-0.1, -0.05) is 44.2 Å². The second-order valence-electron chi connectivity index (χ2n) is 7.49. The summed E-state index contributed by atoms with van der Waals surface area (Å²) in [6.45, 7) is 9.86. The fourth-order valence-electron chi connectivity index (χ4n) is 3.43. The van der Waals surface area contributed by atoms with Crippen molar-refractivity contribution in [1.82, 2.24) is 4.72 Å². The maximum atomic E-state index is 12.9. The highest BCUT2D eigenvalue weighted by Gasteiger charge is 2.27. The van der Waals surface area contributed by atoms with Crippen molar-refractivity contribution < 1.29 is 13.2 Å². The van der Waals surface area contributed by atoms with E-state index in [4.69, 9.17) is 4.74 Å². The molecule has 0 spiro atoms. The van der Waals surface area contributed by atoms with E-state index in [0.717, 1.165) is 5.56 Å². The van der Waals surface area contributed by atoms with E-state index in [-0.39, 0.29) is 11.5 Å². The first-order valence-corrected chi connectivity index (χ1v) is 10.3. The normalized spacial score (nSPS) is 13.5. The highest BCUT2D eigenvalue weighted by molar-refractivity contribution is 7.89. The zero-order valence-corrected chi connectivity index (χ0v) is 17.3. The molecule has 2 rings (SSSR count). The molecule has 1 N–H and O–H groups in total. The molecular formula is C21H29NO3S. The molecule has 0 heterocycles. The van der Waals surface area contributed by atoms with Crippen LogP contribution < -0.4 is 9.46 Å². The fraction of sp³-hybridized carbons (Fsp3) is 0.429. The second kappa shape index (κ2) is 7.80. The highest BCUT2D eigenvalue weighted by atomic mass is 32.2. The number of methoxy groups -OCH3 is 1. The molecule has 0 aliphatic rings. The van der Waals surface area contributed by atoms with Gasteiger partial charge in [0.1, 0.15) is 5.75 Å². The molecule has 1 atom stereocenters. The van der Waals surface area contributed by atoms with E-state index in [9.17, 15) is 8.42 Å². The van der Waals surface area contributed by atoms with Crippen LogP contribution >= 0.6 is 0 Å². The Balaban J connectivity index is 2.20. The molecule has 2 aromatic carbocycles. The molecule has 5 heteroatoms. The average Bonchev–Trinajstić information content (AvgIpc) is 2.56. The molecule has 1 unspecified atom stereocenters. The van der Waals surface area contributed by atoms with E-state index in [2.05, 4.69) is 30.7 Å². The van der Waals surface area contributed by atoms with E-state index < -0.39 is 10.0 Å². The minimum absolute atomic E-state index is 0.131. The van der Waals surface area contributed by atoms with Gasteiger partial charge in [0.25, 0.3) is 0 Å². The third kappa shape index (κ3) is 4.46. The van der Waals surface area contributed by atoms with Crippen molar-refractivity contribution in [2.24, 2.45) is 0 Å². The maximum Gasteiger partial charge on any atom is 0.241 e. The molecule has 0 saturated heterocycles. The number of ether oxygens (including phenoxy) is 1. The SMILES string of the molecule is COc1ccc(S(=O)(=O)NC(C)CC(C)(C)c2ccccc2)c(C)c1C. The van der Waals surface area contributed by atoms with Gasteiger partial charge in [0.05, 0.1) is 12.0 Å². The summed E-state index contributed by atoms with van der Waals surface area (Å²) < 4.78 is 33.9. The van der Waals surface area contributed by atoms with E-state index in [1.54, 1.807) is 19.2 Å². The van der Waals surface area contributed by atoms with Gasteiger partial charge in [-0.2, -0.15) is 0 Å². The van der Waals surface area contributed by atoms with Crippen LogP contribution in [0.1, 0.15) is 43.9 Å². The minimum atomic E-state index is -3.60. The van der Waals surface area contributed by atoms with Gasteiger partial charge in [-0.05, 0) is 61.4 Å². The Labute approximate surface area is 157 Å². The number of sulfonamides is 1. The van der Waals surface area contributed by atoms with Crippen molar-refractivity contribution in [2.45, 2.75) is 57.4 Å². The zero-order chi connectivity index (χ0) is 19.5. The third-order valence-corrected chi connectivity index (χ3v) is 6.66. The van der Waals surface area contributed by atoms with Crippen molar-refractivity contribution >= 4 is 10.0 Å². The third-order valence-electron chi connectivity index (χ3n) is 4.93. The number of rotatable bonds is 7. The molecule has 0 aliphatic heterocycles. The fourth-order valence-corrected chi connectivity index (χ4v) is 4.97. The first kappa shape index (κ1) is 20.5. The number of hydrogen-bond acceptors (Lipinski definition) is 3. The second-order valence-corrected chi connectivity index (χ2v) is 9.17. The smallest absolute Gasteiger partial charge is 0.241 e. The maximum absolute atomic E-state index is 12.9. The quantitative estimate of drug-likeness (QED) is 0.783. The Kier molecular flexibility index (Phi) is 6.14. The van der Waals surface area contributed by atoms with Crippen LogP contribution in [0.5, 0.6) is 5.75 Å². The van der Waals surface area contributed by atoms with Gasteiger partial charge in [0, 0.05) is 6.04 Å². The van der Waals surface area contributed by atoms with Gasteiger partial charge in [0.15, 0.2) is 0 Å². The first-order valence-electron chi connectivity index (χ1n) is 8.80. The molecule has 0 fully saturated rings. The molecular weight excluding hydrogens is 346 g/mol. The molecule has 142 valence electrons. The minimum Gasteiger partial charge on any atom is -0.496 e. The summed E-state index contributed by atoms with van der Waals surface area (Å²) in [5, 5.41) is 0.